The third-order valence-corrected chi connectivity index (χ3v) is 4.38. The van der Waals surface area contributed by atoms with E-state index in [1.165, 1.54) is 12.8 Å². The van der Waals surface area contributed by atoms with Crippen LogP contribution in [0.4, 0.5) is 0 Å². The second-order valence-corrected chi connectivity index (χ2v) is 5.96. The molecule has 19 heavy (non-hydrogen) atoms. The molecular weight excluding hydrogens is 306 g/mol. The second-order valence-electron chi connectivity index (χ2n) is 5.11. The Labute approximate surface area is 122 Å². The summed E-state index contributed by atoms with van der Waals surface area (Å²) in [5.74, 6) is 1.21. The van der Waals surface area contributed by atoms with E-state index in [1.807, 2.05) is 25.1 Å². The molecule has 0 spiro atoms. The number of ether oxygens (including phenoxy) is 1. The Morgan fingerprint density at radius 3 is 2.68 bits per heavy atom. The third kappa shape index (κ3) is 3.50. The predicted octanol–water partition coefficient (Wildman–Crippen LogP) is 3.83. The minimum Gasteiger partial charge on any atom is -0.496 e. The molecule has 0 aromatic heterocycles. The lowest BCUT2D eigenvalue weighted by molar-refractivity contribution is -0.125. The van der Waals surface area contributed by atoms with E-state index >= 15 is 0 Å². The first kappa shape index (κ1) is 14.4. The molecule has 2 rings (SSSR count). The minimum atomic E-state index is 0.0234. The van der Waals surface area contributed by atoms with Gasteiger partial charge in [-0.1, -0.05) is 18.9 Å². The van der Waals surface area contributed by atoms with Gasteiger partial charge < -0.3 is 10.1 Å². The topological polar surface area (TPSA) is 38.3 Å². The van der Waals surface area contributed by atoms with E-state index in [0.29, 0.717) is 0 Å². The molecule has 1 aromatic carbocycles. The summed E-state index contributed by atoms with van der Waals surface area (Å²) in [5.41, 5.74) is 1.08. The molecule has 1 amide bonds. The first-order chi connectivity index (χ1) is 9.11. The number of hydrogen-bond donors (Lipinski definition) is 1. The molecule has 1 unspecified atom stereocenters. The first-order valence-electron chi connectivity index (χ1n) is 6.75. The number of nitrogens with one attached hydrogen (secondary N) is 1. The normalized spacial score (nSPS) is 17.2. The number of amides is 1. The maximum Gasteiger partial charge on any atom is 0.223 e. The smallest absolute Gasteiger partial charge is 0.223 e. The zero-order valence-corrected chi connectivity index (χ0v) is 13.0. The van der Waals surface area contributed by atoms with E-state index in [1.54, 1.807) is 7.11 Å². The highest BCUT2D eigenvalue weighted by Crippen LogP contribution is 2.29. The average molecular weight is 326 g/mol. The van der Waals surface area contributed by atoms with Crippen molar-refractivity contribution in [3.63, 3.8) is 0 Å². The van der Waals surface area contributed by atoms with E-state index < -0.39 is 0 Å². The van der Waals surface area contributed by atoms with Gasteiger partial charge in [0.15, 0.2) is 0 Å². The monoisotopic (exact) mass is 325 g/mol. The maximum atomic E-state index is 12.1. The van der Waals surface area contributed by atoms with Crippen LogP contribution in [0.25, 0.3) is 0 Å². The lowest BCUT2D eigenvalue weighted by atomic mass is 10.0. The molecule has 1 aliphatic rings. The Morgan fingerprint density at radius 1 is 1.42 bits per heavy atom. The summed E-state index contributed by atoms with van der Waals surface area (Å²) >= 11 is 3.47. The SMILES string of the molecule is COc1ccc(C(C)NC(=O)C2CCCC2)cc1Br. The summed E-state index contributed by atoms with van der Waals surface area (Å²) < 4.78 is 6.12. The average Bonchev–Trinajstić information content (AvgIpc) is 2.92. The lowest BCUT2D eigenvalue weighted by Gasteiger charge is -2.18. The molecule has 3 nitrogen and oxygen atoms in total. The van der Waals surface area contributed by atoms with Crippen LogP contribution in [0, 0.1) is 5.92 Å². The van der Waals surface area contributed by atoms with Gasteiger partial charge in [0.05, 0.1) is 17.6 Å². The summed E-state index contributed by atoms with van der Waals surface area (Å²) in [4.78, 5) is 12.1. The van der Waals surface area contributed by atoms with Crippen LogP contribution in [0.5, 0.6) is 5.75 Å². The van der Waals surface area contributed by atoms with Crippen molar-refractivity contribution in [1.82, 2.24) is 5.32 Å². The summed E-state index contributed by atoms with van der Waals surface area (Å²) in [6.07, 6.45) is 4.43. The van der Waals surface area contributed by atoms with Crippen molar-refractivity contribution >= 4 is 21.8 Å². The van der Waals surface area contributed by atoms with Gasteiger partial charge in [-0.25, -0.2) is 0 Å². The molecule has 1 fully saturated rings. The van der Waals surface area contributed by atoms with Crippen LogP contribution >= 0.6 is 15.9 Å². The Kier molecular flexibility index (Phi) is 4.86. The van der Waals surface area contributed by atoms with E-state index in [2.05, 4.69) is 21.2 Å². The zero-order chi connectivity index (χ0) is 13.8. The first-order valence-corrected chi connectivity index (χ1v) is 7.55. The van der Waals surface area contributed by atoms with Gasteiger partial charge in [0.1, 0.15) is 5.75 Å². The van der Waals surface area contributed by atoms with Gasteiger partial charge >= 0.3 is 0 Å². The number of carbonyl (C=O) groups is 1. The molecule has 0 heterocycles. The fraction of sp³-hybridized carbons (Fsp3) is 0.533. The number of hydrogen-bond acceptors (Lipinski definition) is 2. The van der Waals surface area contributed by atoms with Gasteiger partial charge in [-0.05, 0) is 53.4 Å². The number of rotatable bonds is 4. The minimum absolute atomic E-state index is 0.0234. The van der Waals surface area contributed by atoms with Crippen molar-refractivity contribution in [3.8, 4) is 5.75 Å². The summed E-state index contributed by atoms with van der Waals surface area (Å²) in [5, 5.41) is 3.10. The Bertz CT molecular complexity index is 455. The molecule has 1 N–H and O–H groups in total. The van der Waals surface area contributed by atoms with Gasteiger partial charge in [-0.2, -0.15) is 0 Å². The number of benzene rings is 1. The van der Waals surface area contributed by atoms with E-state index in [0.717, 1.165) is 28.6 Å². The fourth-order valence-corrected chi connectivity index (χ4v) is 3.11. The molecule has 1 aliphatic carbocycles. The van der Waals surface area contributed by atoms with Crippen LogP contribution in [0.2, 0.25) is 0 Å². The molecule has 0 aliphatic heterocycles. The number of carbonyl (C=O) groups excluding carboxylic acids is 1. The zero-order valence-electron chi connectivity index (χ0n) is 11.4. The quantitative estimate of drug-likeness (QED) is 0.913. The lowest BCUT2D eigenvalue weighted by Crippen LogP contribution is -2.31. The van der Waals surface area contributed by atoms with E-state index in [4.69, 9.17) is 4.74 Å². The standard InChI is InChI=1S/C15H20BrNO2/c1-10(17-15(18)11-5-3-4-6-11)12-7-8-14(19-2)13(16)9-12/h7-11H,3-6H2,1-2H3,(H,17,18). The van der Waals surface area contributed by atoms with Crippen molar-refractivity contribution < 1.29 is 9.53 Å². The maximum absolute atomic E-state index is 12.1. The van der Waals surface area contributed by atoms with Crippen LogP contribution in [0.1, 0.15) is 44.2 Å². The van der Waals surface area contributed by atoms with Crippen molar-refractivity contribution in [2.45, 2.75) is 38.6 Å². The third-order valence-electron chi connectivity index (χ3n) is 3.76. The number of methoxy groups -OCH3 is 1. The summed E-state index contributed by atoms with van der Waals surface area (Å²) in [6, 6.07) is 5.93. The summed E-state index contributed by atoms with van der Waals surface area (Å²) in [6.45, 7) is 2.01. The molecule has 104 valence electrons. The van der Waals surface area contributed by atoms with E-state index in [-0.39, 0.29) is 17.9 Å². The van der Waals surface area contributed by atoms with Crippen LogP contribution in [0.15, 0.2) is 22.7 Å². The summed E-state index contributed by atoms with van der Waals surface area (Å²) in [7, 11) is 1.64. The molecule has 1 atom stereocenters. The molecule has 1 aromatic rings. The fourth-order valence-electron chi connectivity index (χ4n) is 2.55. The van der Waals surface area contributed by atoms with Gasteiger partial charge in [-0.15, -0.1) is 0 Å². The van der Waals surface area contributed by atoms with Gasteiger partial charge in [0.25, 0.3) is 0 Å². The van der Waals surface area contributed by atoms with Crippen molar-refractivity contribution in [2.24, 2.45) is 5.92 Å². The molecule has 1 saturated carbocycles. The highest BCUT2D eigenvalue weighted by atomic mass is 79.9. The highest BCUT2D eigenvalue weighted by molar-refractivity contribution is 9.10. The van der Waals surface area contributed by atoms with Gasteiger partial charge in [0.2, 0.25) is 5.91 Å². The molecule has 0 radical (unpaired) electrons. The molecule has 4 heteroatoms. The second kappa shape index (κ2) is 6.42. The Hall–Kier alpha value is -1.03. The van der Waals surface area contributed by atoms with Crippen LogP contribution in [-0.4, -0.2) is 13.0 Å². The van der Waals surface area contributed by atoms with Crippen LogP contribution in [0.3, 0.4) is 0 Å². The Morgan fingerprint density at radius 2 is 2.11 bits per heavy atom. The van der Waals surface area contributed by atoms with Gasteiger partial charge in [0, 0.05) is 5.92 Å². The Balaban J connectivity index is 2.00. The van der Waals surface area contributed by atoms with Crippen molar-refractivity contribution in [3.05, 3.63) is 28.2 Å². The highest BCUT2D eigenvalue weighted by Gasteiger charge is 2.24. The molecular formula is C15H20BrNO2. The largest absolute Gasteiger partial charge is 0.496 e. The molecule has 0 bridgehead atoms. The van der Waals surface area contributed by atoms with Crippen LogP contribution < -0.4 is 10.1 Å². The van der Waals surface area contributed by atoms with E-state index in [9.17, 15) is 4.79 Å². The number of halogens is 1. The van der Waals surface area contributed by atoms with Gasteiger partial charge in [-0.3, -0.25) is 4.79 Å². The molecule has 0 saturated heterocycles. The van der Waals surface area contributed by atoms with Crippen molar-refractivity contribution in [2.75, 3.05) is 7.11 Å². The van der Waals surface area contributed by atoms with Crippen LogP contribution in [-0.2, 0) is 4.79 Å². The predicted molar refractivity (Wildman–Crippen MR) is 79.2 cm³/mol. The van der Waals surface area contributed by atoms with Crippen molar-refractivity contribution in [1.29, 1.82) is 0 Å².